The van der Waals surface area contributed by atoms with Gasteiger partial charge in [0.2, 0.25) is 5.91 Å². The fourth-order valence-corrected chi connectivity index (χ4v) is 3.49. The van der Waals surface area contributed by atoms with Gasteiger partial charge in [0.1, 0.15) is 12.1 Å². The number of amides is 1. The van der Waals surface area contributed by atoms with Crippen LogP contribution in [0.15, 0.2) is 65.0 Å². The topological polar surface area (TPSA) is 68.4 Å². The zero-order chi connectivity index (χ0) is 18.8. The highest BCUT2D eigenvalue weighted by Gasteiger charge is 2.11. The van der Waals surface area contributed by atoms with Crippen molar-refractivity contribution in [1.29, 1.82) is 0 Å². The molecule has 6 nitrogen and oxygen atoms in total. The van der Waals surface area contributed by atoms with Gasteiger partial charge in [-0.3, -0.25) is 9.59 Å². The van der Waals surface area contributed by atoms with E-state index in [-0.39, 0.29) is 18.0 Å². The largest absolute Gasteiger partial charge is 0.350 e. The fraction of sp³-hybridized carbons (Fsp3) is 0.105. The lowest BCUT2D eigenvalue weighted by atomic mass is 10.1. The number of carbonyl (C=O) groups excluding carboxylic acids is 1. The number of nitrogens with one attached hydrogen (secondary N) is 1. The molecule has 136 valence electrons. The molecule has 0 fully saturated rings. The minimum atomic E-state index is -0.267. The van der Waals surface area contributed by atoms with Gasteiger partial charge in [0.15, 0.2) is 0 Å². The van der Waals surface area contributed by atoms with Crippen molar-refractivity contribution >= 4 is 34.4 Å². The highest BCUT2D eigenvalue weighted by Crippen LogP contribution is 2.20. The monoisotopic (exact) mass is 398 g/mol. The van der Waals surface area contributed by atoms with Crippen LogP contribution in [0.5, 0.6) is 0 Å². The first-order chi connectivity index (χ1) is 13.1. The van der Waals surface area contributed by atoms with Crippen molar-refractivity contribution in [3.05, 3.63) is 80.5 Å². The maximum atomic E-state index is 12.7. The quantitative estimate of drug-likeness (QED) is 0.561. The van der Waals surface area contributed by atoms with Gasteiger partial charge < -0.3 is 9.88 Å². The Labute approximate surface area is 163 Å². The van der Waals surface area contributed by atoms with Gasteiger partial charge in [0, 0.05) is 27.9 Å². The van der Waals surface area contributed by atoms with Crippen molar-refractivity contribution in [2.75, 3.05) is 0 Å². The van der Waals surface area contributed by atoms with Gasteiger partial charge in [-0.15, -0.1) is 11.3 Å². The number of carbonyl (C=O) groups is 1. The summed E-state index contributed by atoms with van der Waals surface area (Å²) < 4.78 is 2.90. The first kappa shape index (κ1) is 17.5. The van der Waals surface area contributed by atoms with E-state index >= 15 is 0 Å². The van der Waals surface area contributed by atoms with Gasteiger partial charge in [-0.2, -0.15) is 5.10 Å². The zero-order valence-electron chi connectivity index (χ0n) is 14.1. The maximum absolute atomic E-state index is 12.7. The normalized spacial score (nSPS) is 11.0. The van der Waals surface area contributed by atoms with Crippen LogP contribution in [-0.4, -0.2) is 20.1 Å². The lowest BCUT2D eigenvalue weighted by molar-refractivity contribution is -0.121. The molecule has 1 aromatic carbocycles. The van der Waals surface area contributed by atoms with E-state index in [0.29, 0.717) is 22.8 Å². The standard InChI is InChI=1S/C19H15ClN4O2S/c20-14-5-3-13(4-6-14)16-10-17-19(26)23(7-8-24(17)22-16)12-18(25)21-11-15-2-1-9-27-15/h1-10H,11-12H2,(H,21,25). The number of hydrogen-bond donors (Lipinski definition) is 1. The predicted octanol–water partition coefficient (Wildman–Crippen LogP) is 3.19. The molecule has 3 aromatic heterocycles. The second-order valence-corrected chi connectivity index (χ2v) is 7.42. The predicted molar refractivity (Wildman–Crippen MR) is 106 cm³/mol. The first-order valence-electron chi connectivity index (χ1n) is 8.24. The van der Waals surface area contributed by atoms with Gasteiger partial charge in [0.25, 0.3) is 5.56 Å². The Kier molecular flexibility index (Phi) is 4.79. The van der Waals surface area contributed by atoms with E-state index in [4.69, 9.17) is 11.6 Å². The Morgan fingerprint density at radius 3 is 2.74 bits per heavy atom. The van der Waals surface area contributed by atoms with Crippen LogP contribution in [0, 0.1) is 0 Å². The molecule has 0 bridgehead atoms. The number of hydrogen-bond acceptors (Lipinski definition) is 4. The van der Waals surface area contributed by atoms with Crippen molar-refractivity contribution in [3.63, 3.8) is 0 Å². The third-order valence-corrected chi connectivity index (χ3v) is 5.23. The average molecular weight is 399 g/mol. The molecule has 8 heteroatoms. The molecule has 0 saturated carbocycles. The lowest BCUT2D eigenvalue weighted by Crippen LogP contribution is -2.32. The third-order valence-electron chi connectivity index (χ3n) is 4.10. The highest BCUT2D eigenvalue weighted by atomic mass is 35.5. The van der Waals surface area contributed by atoms with Gasteiger partial charge in [-0.25, -0.2) is 4.52 Å². The number of thiophene rings is 1. The molecule has 0 spiro atoms. The molecule has 4 aromatic rings. The van der Waals surface area contributed by atoms with Crippen LogP contribution in [0.25, 0.3) is 16.8 Å². The van der Waals surface area contributed by atoms with E-state index in [2.05, 4.69) is 10.4 Å². The summed E-state index contributed by atoms with van der Waals surface area (Å²) in [6.45, 7) is 0.420. The van der Waals surface area contributed by atoms with Crippen LogP contribution in [0.2, 0.25) is 5.02 Å². The van der Waals surface area contributed by atoms with Crippen molar-refractivity contribution < 1.29 is 4.79 Å². The summed E-state index contributed by atoms with van der Waals surface area (Å²) in [6.07, 6.45) is 3.24. The highest BCUT2D eigenvalue weighted by molar-refractivity contribution is 7.09. The second kappa shape index (κ2) is 7.38. The molecule has 0 unspecified atom stereocenters. The van der Waals surface area contributed by atoms with Crippen LogP contribution < -0.4 is 10.9 Å². The van der Waals surface area contributed by atoms with E-state index in [1.54, 1.807) is 41.9 Å². The Balaban J connectivity index is 1.55. The van der Waals surface area contributed by atoms with E-state index in [9.17, 15) is 9.59 Å². The van der Waals surface area contributed by atoms with E-state index in [1.165, 1.54) is 9.08 Å². The van der Waals surface area contributed by atoms with Crippen LogP contribution in [-0.2, 0) is 17.9 Å². The Bertz CT molecular complexity index is 1150. The molecule has 27 heavy (non-hydrogen) atoms. The summed E-state index contributed by atoms with van der Waals surface area (Å²) in [5.41, 5.74) is 1.68. The Hall–Kier alpha value is -2.90. The molecule has 4 rings (SSSR count). The first-order valence-corrected chi connectivity index (χ1v) is 9.50. The summed E-state index contributed by atoms with van der Waals surface area (Å²) in [5.74, 6) is -0.215. The minimum absolute atomic E-state index is 0.0395. The average Bonchev–Trinajstić information content (AvgIpc) is 3.33. The summed E-state index contributed by atoms with van der Waals surface area (Å²) in [7, 11) is 0. The van der Waals surface area contributed by atoms with Crippen LogP contribution in [0.4, 0.5) is 0 Å². The number of rotatable bonds is 5. The molecular formula is C19H15ClN4O2S. The van der Waals surface area contributed by atoms with Crippen LogP contribution in [0.1, 0.15) is 4.88 Å². The lowest BCUT2D eigenvalue weighted by Gasteiger charge is -2.06. The van der Waals surface area contributed by atoms with E-state index < -0.39 is 0 Å². The van der Waals surface area contributed by atoms with Crippen LogP contribution >= 0.6 is 22.9 Å². The number of benzene rings is 1. The molecule has 0 radical (unpaired) electrons. The molecule has 0 aliphatic carbocycles. The molecule has 0 aliphatic rings. The van der Waals surface area contributed by atoms with Gasteiger partial charge in [-0.1, -0.05) is 29.8 Å². The van der Waals surface area contributed by atoms with Gasteiger partial charge in [-0.05, 0) is 29.6 Å². The number of nitrogens with zero attached hydrogens (tertiary/aromatic N) is 3. The molecule has 0 saturated heterocycles. The summed E-state index contributed by atoms with van der Waals surface area (Å²) in [4.78, 5) is 25.9. The molecule has 1 N–H and O–H groups in total. The fourth-order valence-electron chi connectivity index (χ4n) is 2.72. The summed E-state index contributed by atoms with van der Waals surface area (Å²) in [5, 5.41) is 9.84. The Morgan fingerprint density at radius 2 is 2.00 bits per heavy atom. The Morgan fingerprint density at radius 1 is 1.19 bits per heavy atom. The van der Waals surface area contributed by atoms with Crippen molar-refractivity contribution in [1.82, 2.24) is 19.5 Å². The number of halogens is 1. The maximum Gasteiger partial charge on any atom is 0.277 e. The number of aromatic nitrogens is 3. The van der Waals surface area contributed by atoms with Crippen molar-refractivity contribution in [2.45, 2.75) is 13.1 Å². The molecule has 3 heterocycles. The van der Waals surface area contributed by atoms with Crippen molar-refractivity contribution in [2.24, 2.45) is 0 Å². The third kappa shape index (κ3) is 3.79. The minimum Gasteiger partial charge on any atom is -0.350 e. The second-order valence-electron chi connectivity index (χ2n) is 5.95. The van der Waals surface area contributed by atoms with Gasteiger partial charge >= 0.3 is 0 Å². The van der Waals surface area contributed by atoms with E-state index in [0.717, 1.165) is 10.4 Å². The van der Waals surface area contributed by atoms with E-state index in [1.807, 2.05) is 29.6 Å². The van der Waals surface area contributed by atoms with Gasteiger partial charge in [0.05, 0.1) is 12.2 Å². The molecular weight excluding hydrogens is 384 g/mol. The SMILES string of the molecule is O=C(Cn1ccn2nc(-c3ccc(Cl)cc3)cc2c1=O)NCc1cccs1. The number of fused-ring (bicyclic) bond motifs is 1. The smallest absolute Gasteiger partial charge is 0.277 e. The summed E-state index contributed by atoms with van der Waals surface area (Å²) in [6, 6.07) is 12.8. The van der Waals surface area contributed by atoms with Crippen molar-refractivity contribution in [3.8, 4) is 11.3 Å². The van der Waals surface area contributed by atoms with Crippen LogP contribution in [0.3, 0.4) is 0 Å². The molecule has 0 aliphatic heterocycles. The molecule has 0 atom stereocenters. The zero-order valence-corrected chi connectivity index (χ0v) is 15.7. The molecule has 1 amide bonds. The summed E-state index contributed by atoms with van der Waals surface area (Å²) >= 11 is 7.49.